The number of nitro benzene ring substituents is 1. The van der Waals surface area contributed by atoms with Crippen molar-refractivity contribution in [2.45, 2.75) is 6.42 Å². The predicted molar refractivity (Wildman–Crippen MR) is 81.7 cm³/mol. The molecule has 0 aliphatic carbocycles. The Morgan fingerprint density at radius 1 is 1.19 bits per heavy atom. The number of rotatable bonds is 5. The zero-order valence-corrected chi connectivity index (χ0v) is 12.3. The molecule has 0 aromatic heterocycles. The van der Waals surface area contributed by atoms with Gasteiger partial charge in [-0.2, -0.15) is 0 Å². The fourth-order valence-corrected chi connectivity index (χ4v) is 2.47. The fourth-order valence-electron chi connectivity index (χ4n) is 1.86. The van der Waals surface area contributed by atoms with Crippen LogP contribution in [0.25, 0.3) is 0 Å². The van der Waals surface area contributed by atoms with Gasteiger partial charge in [0.25, 0.3) is 5.69 Å². The van der Waals surface area contributed by atoms with E-state index in [1.165, 1.54) is 18.2 Å². The van der Waals surface area contributed by atoms with Gasteiger partial charge in [0.2, 0.25) is 0 Å². The summed E-state index contributed by atoms with van der Waals surface area (Å²) < 4.78 is 13.5. The van der Waals surface area contributed by atoms with Gasteiger partial charge >= 0.3 is 0 Å². The second-order valence-electron chi connectivity index (χ2n) is 4.31. The summed E-state index contributed by atoms with van der Waals surface area (Å²) in [7, 11) is 0. The Morgan fingerprint density at radius 3 is 2.38 bits per heavy atom. The van der Waals surface area contributed by atoms with Crippen molar-refractivity contribution < 1.29 is 9.31 Å². The van der Waals surface area contributed by atoms with Crippen LogP contribution in [0.15, 0.2) is 36.4 Å². The molecular weight excluding hydrogens is 318 g/mol. The maximum atomic E-state index is 13.5. The standard InChI is InChI=1S/C14H11Cl2FN2O2/c15-11-7-10(19(20)21)8-12(16)14(11)18-6-5-9-3-1-2-4-13(9)17/h1-4,7-8,18H,5-6H2. The van der Waals surface area contributed by atoms with Crippen LogP contribution in [-0.2, 0) is 6.42 Å². The average molecular weight is 329 g/mol. The molecule has 0 aliphatic heterocycles. The maximum absolute atomic E-state index is 13.5. The molecule has 21 heavy (non-hydrogen) atoms. The Balaban J connectivity index is 2.07. The molecule has 0 aliphatic rings. The third-order valence-electron chi connectivity index (χ3n) is 2.89. The zero-order chi connectivity index (χ0) is 15.4. The second kappa shape index (κ2) is 6.74. The van der Waals surface area contributed by atoms with E-state index in [4.69, 9.17) is 23.2 Å². The van der Waals surface area contributed by atoms with Gasteiger partial charge in [-0.15, -0.1) is 0 Å². The lowest BCUT2D eigenvalue weighted by molar-refractivity contribution is -0.384. The summed E-state index contributed by atoms with van der Waals surface area (Å²) in [4.78, 5) is 10.1. The van der Waals surface area contributed by atoms with Crippen LogP contribution in [0.3, 0.4) is 0 Å². The molecule has 2 aromatic rings. The molecule has 0 unspecified atom stereocenters. The topological polar surface area (TPSA) is 55.2 Å². The number of nitrogens with zero attached hydrogens (tertiary/aromatic N) is 1. The van der Waals surface area contributed by atoms with Crippen LogP contribution in [0.5, 0.6) is 0 Å². The van der Waals surface area contributed by atoms with E-state index in [0.29, 0.717) is 24.2 Å². The molecule has 0 atom stereocenters. The summed E-state index contributed by atoms with van der Waals surface area (Å²) in [6, 6.07) is 8.90. The highest BCUT2D eigenvalue weighted by Crippen LogP contribution is 2.34. The molecule has 0 saturated heterocycles. The molecule has 0 fully saturated rings. The van der Waals surface area contributed by atoms with Crippen molar-refractivity contribution >= 4 is 34.6 Å². The van der Waals surface area contributed by atoms with Crippen molar-refractivity contribution in [1.29, 1.82) is 0 Å². The Morgan fingerprint density at radius 2 is 1.81 bits per heavy atom. The van der Waals surface area contributed by atoms with E-state index in [9.17, 15) is 14.5 Å². The van der Waals surface area contributed by atoms with E-state index in [0.717, 1.165) is 0 Å². The second-order valence-corrected chi connectivity index (χ2v) is 5.12. The SMILES string of the molecule is O=[N+]([O-])c1cc(Cl)c(NCCc2ccccc2F)c(Cl)c1. The Bertz CT molecular complexity index is 657. The van der Waals surface area contributed by atoms with Gasteiger partial charge in [0.1, 0.15) is 5.82 Å². The molecule has 0 spiro atoms. The van der Waals surface area contributed by atoms with E-state index in [1.54, 1.807) is 18.2 Å². The monoisotopic (exact) mass is 328 g/mol. The van der Waals surface area contributed by atoms with Gasteiger partial charge in [-0.3, -0.25) is 10.1 Å². The van der Waals surface area contributed by atoms with Gasteiger partial charge in [0.15, 0.2) is 0 Å². The number of non-ortho nitro benzene ring substituents is 1. The molecule has 0 heterocycles. The summed E-state index contributed by atoms with van der Waals surface area (Å²) in [6.07, 6.45) is 0.441. The number of hydrogen-bond donors (Lipinski definition) is 1. The minimum Gasteiger partial charge on any atom is -0.382 e. The fraction of sp³-hybridized carbons (Fsp3) is 0.143. The van der Waals surface area contributed by atoms with Crippen LogP contribution in [0.1, 0.15) is 5.56 Å². The quantitative estimate of drug-likeness (QED) is 0.639. The third kappa shape index (κ3) is 3.83. The Labute approximate surface area is 130 Å². The predicted octanol–water partition coefficient (Wildman–Crippen LogP) is 4.70. The van der Waals surface area contributed by atoms with Gasteiger partial charge in [0.05, 0.1) is 20.7 Å². The van der Waals surface area contributed by atoms with Crippen LogP contribution in [0, 0.1) is 15.9 Å². The van der Waals surface area contributed by atoms with Crippen molar-refractivity contribution in [2.24, 2.45) is 0 Å². The van der Waals surface area contributed by atoms with Crippen LogP contribution >= 0.6 is 23.2 Å². The molecule has 0 radical (unpaired) electrons. The third-order valence-corrected chi connectivity index (χ3v) is 3.49. The number of hydrogen-bond acceptors (Lipinski definition) is 3. The lowest BCUT2D eigenvalue weighted by Crippen LogP contribution is -2.07. The van der Waals surface area contributed by atoms with Crippen LogP contribution in [0.4, 0.5) is 15.8 Å². The number of halogens is 3. The molecular formula is C14H11Cl2FN2O2. The zero-order valence-electron chi connectivity index (χ0n) is 10.8. The average Bonchev–Trinajstić information content (AvgIpc) is 2.43. The van der Waals surface area contributed by atoms with Crippen molar-refractivity contribution in [3.63, 3.8) is 0 Å². The van der Waals surface area contributed by atoms with Crippen molar-refractivity contribution in [3.8, 4) is 0 Å². The number of nitro groups is 1. The summed E-state index contributed by atoms with van der Waals surface area (Å²) >= 11 is 11.9. The Kier molecular flexibility index (Phi) is 4.98. The minimum absolute atomic E-state index is 0.155. The highest BCUT2D eigenvalue weighted by molar-refractivity contribution is 6.39. The van der Waals surface area contributed by atoms with Gasteiger partial charge in [0, 0.05) is 18.7 Å². The van der Waals surface area contributed by atoms with Gasteiger partial charge in [-0.25, -0.2) is 4.39 Å². The lowest BCUT2D eigenvalue weighted by atomic mass is 10.1. The van der Waals surface area contributed by atoms with Crippen molar-refractivity contribution in [3.05, 3.63) is 67.9 Å². The van der Waals surface area contributed by atoms with Crippen molar-refractivity contribution in [1.82, 2.24) is 0 Å². The summed E-state index contributed by atoms with van der Waals surface area (Å²) in [5, 5.41) is 14.0. The van der Waals surface area contributed by atoms with Gasteiger partial charge in [-0.1, -0.05) is 41.4 Å². The van der Waals surface area contributed by atoms with E-state index in [1.807, 2.05) is 0 Å². The number of benzene rings is 2. The summed E-state index contributed by atoms with van der Waals surface area (Å²) in [5.41, 5.74) is 0.795. The minimum atomic E-state index is -0.569. The molecule has 0 saturated carbocycles. The highest BCUT2D eigenvalue weighted by atomic mass is 35.5. The first-order chi connectivity index (χ1) is 9.99. The van der Waals surface area contributed by atoms with Gasteiger partial charge in [-0.05, 0) is 18.1 Å². The highest BCUT2D eigenvalue weighted by Gasteiger charge is 2.14. The molecule has 2 aromatic carbocycles. The van der Waals surface area contributed by atoms with Gasteiger partial charge < -0.3 is 5.32 Å². The first kappa shape index (κ1) is 15.5. The number of anilines is 1. The van der Waals surface area contributed by atoms with E-state index >= 15 is 0 Å². The largest absolute Gasteiger partial charge is 0.382 e. The van der Waals surface area contributed by atoms with E-state index in [2.05, 4.69) is 5.32 Å². The molecule has 0 bridgehead atoms. The van der Waals surface area contributed by atoms with E-state index < -0.39 is 4.92 Å². The Hall–Kier alpha value is -1.85. The summed E-state index contributed by atoms with van der Waals surface area (Å²) in [5.74, 6) is -0.278. The molecule has 110 valence electrons. The first-order valence-electron chi connectivity index (χ1n) is 6.09. The lowest BCUT2D eigenvalue weighted by Gasteiger charge is -2.10. The molecule has 0 amide bonds. The first-order valence-corrected chi connectivity index (χ1v) is 6.85. The van der Waals surface area contributed by atoms with Crippen LogP contribution in [-0.4, -0.2) is 11.5 Å². The smallest absolute Gasteiger partial charge is 0.272 e. The molecule has 2 rings (SSSR count). The van der Waals surface area contributed by atoms with Crippen LogP contribution in [0.2, 0.25) is 10.0 Å². The van der Waals surface area contributed by atoms with Crippen LogP contribution < -0.4 is 5.32 Å². The van der Waals surface area contributed by atoms with Crippen molar-refractivity contribution in [2.75, 3.05) is 11.9 Å². The molecule has 4 nitrogen and oxygen atoms in total. The molecule has 1 N–H and O–H groups in total. The normalized spacial score (nSPS) is 10.4. The van der Waals surface area contributed by atoms with E-state index in [-0.39, 0.29) is 21.5 Å². The maximum Gasteiger partial charge on any atom is 0.272 e. The summed E-state index contributed by atoms with van der Waals surface area (Å²) in [6.45, 7) is 0.401. The molecule has 7 heteroatoms. The number of nitrogens with one attached hydrogen (secondary N) is 1.